The highest BCUT2D eigenvalue weighted by Gasteiger charge is 2.32. The van der Waals surface area contributed by atoms with E-state index >= 15 is 0 Å². The molecule has 4 nitrogen and oxygen atoms in total. The number of rotatable bonds is 3. The molecule has 2 rings (SSSR count). The lowest BCUT2D eigenvalue weighted by molar-refractivity contribution is -0.00542. The molecule has 0 spiro atoms. The van der Waals surface area contributed by atoms with Crippen molar-refractivity contribution in [3.63, 3.8) is 0 Å². The Morgan fingerprint density at radius 1 is 1.40 bits per heavy atom. The van der Waals surface area contributed by atoms with Crippen molar-refractivity contribution in [3.8, 4) is 5.75 Å². The smallest absolute Gasteiger partial charge is 0.255 e. The van der Waals surface area contributed by atoms with Crippen LogP contribution in [0.4, 0.5) is 0 Å². The van der Waals surface area contributed by atoms with E-state index in [-0.39, 0.29) is 23.8 Å². The second kappa shape index (κ2) is 5.83. The third-order valence-electron chi connectivity index (χ3n) is 4.27. The Morgan fingerprint density at radius 3 is 2.70 bits per heavy atom. The molecule has 1 amide bonds. The number of hydrogen-bond acceptors (Lipinski definition) is 3. The quantitative estimate of drug-likeness (QED) is 0.794. The summed E-state index contributed by atoms with van der Waals surface area (Å²) in [6.45, 7) is 4.18. The fourth-order valence-corrected chi connectivity index (χ4v) is 2.66. The summed E-state index contributed by atoms with van der Waals surface area (Å²) < 4.78 is 0. The van der Waals surface area contributed by atoms with Crippen LogP contribution in [-0.4, -0.2) is 28.3 Å². The van der Waals surface area contributed by atoms with E-state index in [0.717, 1.165) is 12.8 Å². The van der Waals surface area contributed by atoms with Gasteiger partial charge >= 0.3 is 0 Å². The Balaban J connectivity index is 1.97. The van der Waals surface area contributed by atoms with Crippen LogP contribution in [-0.2, 0) is 0 Å². The van der Waals surface area contributed by atoms with E-state index in [4.69, 9.17) is 0 Å². The average Bonchev–Trinajstić information content (AvgIpc) is 2.43. The minimum Gasteiger partial charge on any atom is -0.507 e. The number of carbonyl (C=O) groups excluding carboxylic acids is 1. The van der Waals surface area contributed by atoms with Gasteiger partial charge in [0.25, 0.3) is 5.91 Å². The van der Waals surface area contributed by atoms with Crippen molar-refractivity contribution < 1.29 is 15.0 Å². The molecule has 1 fully saturated rings. The standard InChI is InChI=1S/C16H23NO3/c1-11-6-8-16(20,9-7-11)10-17-15(19)13-5-3-4-12(2)14(13)18/h3-5,11,18,20H,6-10H2,1-2H3,(H,17,19). The van der Waals surface area contributed by atoms with Crippen LogP contribution in [0.5, 0.6) is 5.75 Å². The van der Waals surface area contributed by atoms with E-state index in [1.54, 1.807) is 25.1 Å². The Kier molecular flexibility index (Phi) is 4.33. The van der Waals surface area contributed by atoms with Gasteiger partial charge < -0.3 is 15.5 Å². The van der Waals surface area contributed by atoms with E-state index in [2.05, 4.69) is 12.2 Å². The van der Waals surface area contributed by atoms with Gasteiger partial charge in [0, 0.05) is 6.54 Å². The highest BCUT2D eigenvalue weighted by atomic mass is 16.3. The zero-order chi connectivity index (χ0) is 14.8. The maximum atomic E-state index is 12.1. The van der Waals surface area contributed by atoms with E-state index in [9.17, 15) is 15.0 Å². The minimum absolute atomic E-state index is 0.00857. The number of aliphatic hydroxyl groups is 1. The molecule has 1 aromatic carbocycles. The Morgan fingerprint density at radius 2 is 2.05 bits per heavy atom. The van der Waals surface area contributed by atoms with Crippen molar-refractivity contribution in [1.82, 2.24) is 5.32 Å². The van der Waals surface area contributed by atoms with E-state index in [1.165, 1.54) is 0 Å². The van der Waals surface area contributed by atoms with Gasteiger partial charge in [0.1, 0.15) is 5.75 Å². The van der Waals surface area contributed by atoms with Crippen molar-refractivity contribution >= 4 is 5.91 Å². The topological polar surface area (TPSA) is 69.6 Å². The van der Waals surface area contributed by atoms with Crippen molar-refractivity contribution in [3.05, 3.63) is 29.3 Å². The van der Waals surface area contributed by atoms with Crippen LogP contribution in [0, 0.1) is 12.8 Å². The van der Waals surface area contributed by atoms with Gasteiger partial charge in [-0.3, -0.25) is 4.79 Å². The first kappa shape index (κ1) is 14.9. The van der Waals surface area contributed by atoms with Crippen LogP contribution in [0.3, 0.4) is 0 Å². The van der Waals surface area contributed by atoms with Gasteiger partial charge in [-0.15, -0.1) is 0 Å². The van der Waals surface area contributed by atoms with Gasteiger partial charge in [-0.25, -0.2) is 0 Å². The fraction of sp³-hybridized carbons (Fsp3) is 0.562. The number of phenols is 1. The summed E-state index contributed by atoms with van der Waals surface area (Å²) in [6, 6.07) is 5.08. The molecule has 0 atom stereocenters. The second-order valence-corrected chi connectivity index (χ2v) is 6.06. The number of hydrogen-bond donors (Lipinski definition) is 3. The van der Waals surface area contributed by atoms with Gasteiger partial charge in [-0.1, -0.05) is 19.1 Å². The maximum Gasteiger partial charge on any atom is 0.255 e. The lowest BCUT2D eigenvalue weighted by Crippen LogP contribution is -2.45. The first-order valence-corrected chi connectivity index (χ1v) is 7.20. The zero-order valence-electron chi connectivity index (χ0n) is 12.1. The summed E-state index contributed by atoms with van der Waals surface area (Å²) in [4.78, 5) is 12.1. The minimum atomic E-state index is -0.804. The molecule has 0 aromatic heterocycles. The van der Waals surface area contributed by atoms with Crippen molar-refractivity contribution in [2.45, 2.75) is 45.1 Å². The monoisotopic (exact) mass is 277 g/mol. The number of phenolic OH excluding ortho intramolecular Hbond substituents is 1. The molecule has 0 aliphatic heterocycles. The normalized spacial score (nSPS) is 26.2. The first-order chi connectivity index (χ1) is 9.41. The molecule has 0 radical (unpaired) electrons. The Bertz CT molecular complexity index is 490. The Hall–Kier alpha value is -1.55. The predicted molar refractivity (Wildman–Crippen MR) is 77.8 cm³/mol. The van der Waals surface area contributed by atoms with Crippen LogP contribution < -0.4 is 5.32 Å². The summed E-state index contributed by atoms with van der Waals surface area (Å²) in [7, 11) is 0. The predicted octanol–water partition coefficient (Wildman–Crippen LogP) is 2.37. The molecule has 20 heavy (non-hydrogen) atoms. The van der Waals surface area contributed by atoms with Crippen molar-refractivity contribution in [1.29, 1.82) is 0 Å². The first-order valence-electron chi connectivity index (χ1n) is 7.20. The molecular weight excluding hydrogens is 254 g/mol. The molecule has 0 bridgehead atoms. The van der Waals surface area contributed by atoms with Gasteiger partial charge in [0.2, 0.25) is 0 Å². The van der Waals surface area contributed by atoms with E-state index < -0.39 is 5.60 Å². The SMILES string of the molecule is Cc1cccc(C(=O)NCC2(O)CCC(C)CC2)c1O. The third-order valence-corrected chi connectivity index (χ3v) is 4.27. The third kappa shape index (κ3) is 3.31. The fourth-order valence-electron chi connectivity index (χ4n) is 2.66. The molecule has 4 heteroatoms. The highest BCUT2D eigenvalue weighted by molar-refractivity contribution is 5.97. The van der Waals surface area contributed by atoms with E-state index in [0.29, 0.717) is 24.3 Å². The summed E-state index contributed by atoms with van der Waals surface area (Å²) >= 11 is 0. The summed E-state index contributed by atoms with van der Waals surface area (Å²) in [5.41, 5.74) is 0.127. The van der Waals surface area contributed by atoms with Crippen LogP contribution >= 0.6 is 0 Å². The second-order valence-electron chi connectivity index (χ2n) is 6.06. The largest absolute Gasteiger partial charge is 0.507 e. The Labute approximate surface area is 119 Å². The zero-order valence-corrected chi connectivity index (χ0v) is 12.1. The molecule has 1 aliphatic rings. The van der Waals surface area contributed by atoms with Gasteiger partial charge in [-0.2, -0.15) is 0 Å². The van der Waals surface area contributed by atoms with Crippen molar-refractivity contribution in [2.75, 3.05) is 6.54 Å². The van der Waals surface area contributed by atoms with Crippen LogP contribution in [0.25, 0.3) is 0 Å². The molecule has 1 aliphatic carbocycles. The average molecular weight is 277 g/mol. The highest BCUT2D eigenvalue weighted by Crippen LogP contribution is 2.31. The van der Waals surface area contributed by atoms with E-state index in [1.807, 2.05) is 0 Å². The number of para-hydroxylation sites is 1. The van der Waals surface area contributed by atoms with Crippen molar-refractivity contribution in [2.24, 2.45) is 5.92 Å². The number of aryl methyl sites for hydroxylation is 1. The number of nitrogens with one attached hydrogen (secondary N) is 1. The number of carbonyl (C=O) groups is 1. The molecule has 1 aromatic rings. The molecule has 3 N–H and O–H groups in total. The molecule has 0 heterocycles. The lowest BCUT2D eigenvalue weighted by atomic mass is 9.79. The number of benzene rings is 1. The molecular formula is C16H23NO3. The molecule has 0 unspecified atom stereocenters. The van der Waals surface area contributed by atoms with Crippen LogP contribution in [0.2, 0.25) is 0 Å². The van der Waals surface area contributed by atoms with Gasteiger partial charge in [-0.05, 0) is 50.2 Å². The van der Waals surface area contributed by atoms with Crippen LogP contribution in [0.15, 0.2) is 18.2 Å². The molecule has 0 saturated heterocycles. The lowest BCUT2D eigenvalue weighted by Gasteiger charge is -2.34. The summed E-state index contributed by atoms with van der Waals surface area (Å²) in [5, 5.41) is 23.1. The maximum absolute atomic E-state index is 12.1. The molecule has 1 saturated carbocycles. The summed E-state index contributed by atoms with van der Waals surface area (Å²) in [5.74, 6) is 0.319. The van der Waals surface area contributed by atoms with Gasteiger partial charge in [0.15, 0.2) is 0 Å². The number of amides is 1. The van der Waals surface area contributed by atoms with Gasteiger partial charge in [0.05, 0.1) is 11.2 Å². The van der Waals surface area contributed by atoms with Crippen LogP contribution in [0.1, 0.15) is 48.5 Å². The number of aromatic hydroxyl groups is 1. The summed E-state index contributed by atoms with van der Waals surface area (Å²) in [6.07, 6.45) is 3.41. The molecule has 110 valence electrons.